The van der Waals surface area contributed by atoms with Crippen molar-refractivity contribution in [1.82, 2.24) is 0 Å². The lowest BCUT2D eigenvalue weighted by Gasteiger charge is -1.98. The van der Waals surface area contributed by atoms with E-state index in [-0.39, 0.29) is 6.16 Å². The minimum atomic E-state index is -3.77. The molecule has 0 aliphatic heterocycles. The molecule has 0 radical (unpaired) electrons. The highest BCUT2D eigenvalue weighted by Gasteiger charge is 2.10. The number of alkyl halides is 1. The quantitative estimate of drug-likeness (QED) is 0.472. The normalized spacial score (nSPS) is 11.9. The molecule has 0 aromatic carbocycles. The van der Waals surface area contributed by atoms with E-state index in [0.717, 1.165) is 0 Å². The molecule has 0 aliphatic rings. The Morgan fingerprint density at radius 2 is 2.00 bits per heavy atom. The zero-order valence-electron chi connectivity index (χ0n) is 4.25. The Labute approximate surface area is 52.8 Å². The molecule has 0 heterocycles. The Morgan fingerprint density at radius 3 is 2.12 bits per heavy atom. The highest BCUT2D eigenvalue weighted by atomic mass is 35.5. The molecule has 50 valence electrons. The van der Waals surface area contributed by atoms with Gasteiger partial charge in [0.25, 0.3) is 0 Å². The molecule has 0 spiro atoms. The summed E-state index contributed by atoms with van der Waals surface area (Å²) in [6.45, 7) is 0. The Hall–Kier alpha value is 0.440. The van der Waals surface area contributed by atoms with Crippen molar-refractivity contribution in [3.63, 3.8) is 0 Å². The Morgan fingerprint density at radius 1 is 1.50 bits per heavy atom. The van der Waals surface area contributed by atoms with Crippen LogP contribution in [0, 0.1) is 0 Å². The van der Waals surface area contributed by atoms with Crippen LogP contribution in [0.3, 0.4) is 0 Å². The molecule has 5 heteroatoms. The van der Waals surface area contributed by atoms with Crippen molar-refractivity contribution < 1.29 is 14.4 Å². The first-order valence-electron chi connectivity index (χ1n) is 2.17. The lowest BCUT2D eigenvalue weighted by Crippen LogP contribution is -1.87. The second-order valence-corrected chi connectivity index (χ2v) is 3.59. The Kier molecular flexibility index (Phi) is 3.65. The molecule has 2 N–H and O–H groups in total. The largest absolute Gasteiger partial charge is 0.325 e. The van der Waals surface area contributed by atoms with Crippen molar-refractivity contribution in [2.24, 2.45) is 0 Å². The van der Waals surface area contributed by atoms with Crippen LogP contribution in [0.15, 0.2) is 0 Å². The van der Waals surface area contributed by atoms with Gasteiger partial charge in [-0.05, 0) is 6.42 Å². The molecular formula is C3H8ClO3P. The van der Waals surface area contributed by atoms with E-state index in [2.05, 4.69) is 0 Å². The van der Waals surface area contributed by atoms with Crippen LogP contribution in [-0.2, 0) is 4.57 Å². The van der Waals surface area contributed by atoms with Crippen LogP contribution in [0.25, 0.3) is 0 Å². The van der Waals surface area contributed by atoms with E-state index in [1.165, 1.54) is 0 Å². The standard InChI is InChI=1S/C3H8ClO3P/c4-2-1-3-8(5,6)7/h1-3H2,(H2,5,6,7). The number of hydrogen-bond acceptors (Lipinski definition) is 1. The van der Waals surface area contributed by atoms with Gasteiger partial charge in [-0.3, -0.25) is 4.57 Å². The van der Waals surface area contributed by atoms with Crippen molar-refractivity contribution in [3.8, 4) is 0 Å². The summed E-state index contributed by atoms with van der Waals surface area (Å²) in [6, 6.07) is 0. The summed E-state index contributed by atoms with van der Waals surface area (Å²) >= 11 is 5.16. The minimum Gasteiger partial charge on any atom is -0.324 e. The van der Waals surface area contributed by atoms with Crippen LogP contribution in [0.5, 0.6) is 0 Å². The van der Waals surface area contributed by atoms with Gasteiger partial charge in [-0.25, -0.2) is 0 Å². The fraction of sp³-hybridized carbons (Fsp3) is 1.00. The van der Waals surface area contributed by atoms with Crippen LogP contribution in [0.4, 0.5) is 0 Å². The van der Waals surface area contributed by atoms with Crippen LogP contribution in [0.2, 0.25) is 0 Å². The van der Waals surface area contributed by atoms with Gasteiger partial charge in [0.15, 0.2) is 0 Å². The molecule has 0 unspecified atom stereocenters. The topological polar surface area (TPSA) is 57.5 Å². The monoisotopic (exact) mass is 158 g/mol. The summed E-state index contributed by atoms with van der Waals surface area (Å²) in [4.78, 5) is 16.4. The predicted octanol–water partition coefficient (Wildman–Crippen LogP) is 0.793. The van der Waals surface area contributed by atoms with Gasteiger partial charge in [-0.2, -0.15) is 0 Å². The van der Waals surface area contributed by atoms with E-state index >= 15 is 0 Å². The van der Waals surface area contributed by atoms with Gasteiger partial charge in [0.1, 0.15) is 0 Å². The maximum atomic E-state index is 10.0. The fourth-order valence-corrected chi connectivity index (χ4v) is 1.16. The van der Waals surface area contributed by atoms with E-state index < -0.39 is 7.60 Å². The molecule has 0 rings (SSSR count). The Bertz CT molecular complexity index is 98.7. The van der Waals surface area contributed by atoms with Crippen molar-refractivity contribution in [2.45, 2.75) is 6.42 Å². The molecule has 0 atom stereocenters. The first-order chi connectivity index (χ1) is 3.56. The van der Waals surface area contributed by atoms with Gasteiger partial charge in [0, 0.05) is 5.88 Å². The fourth-order valence-electron chi connectivity index (χ4n) is 0.266. The third-order valence-corrected chi connectivity index (χ3v) is 1.75. The van der Waals surface area contributed by atoms with Crippen LogP contribution in [0.1, 0.15) is 6.42 Å². The van der Waals surface area contributed by atoms with E-state index in [0.29, 0.717) is 12.3 Å². The van der Waals surface area contributed by atoms with Gasteiger partial charge in [0.05, 0.1) is 6.16 Å². The van der Waals surface area contributed by atoms with Crippen molar-refractivity contribution in [2.75, 3.05) is 12.0 Å². The molecule has 0 amide bonds. The van der Waals surface area contributed by atoms with Gasteiger partial charge in [-0.1, -0.05) is 0 Å². The molecule has 0 aromatic rings. The average Bonchev–Trinajstić information content (AvgIpc) is 1.59. The third kappa shape index (κ3) is 6.44. The van der Waals surface area contributed by atoms with Gasteiger partial charge in [0.2, 0.25) is 0 Å². The second-order valence-electron chi connectivity index (χ2n) is 1.43. The molecule has 0 aliphatic carbocycles. The Balaban J connectivity index is 3.26. The van der Waals surface area contributed by atoms with Crippen molar-refractivity contribution in [1.29, 1.82) is 0 Å². The molecule has 0 fully saturated rings. The summed E-state index contributed by atoms with van der Waals surface area (Å²) in [6.07, 6.45) is 0.280. The van der Waals surface area contributed by atoms with Crippen molar-refractivity contribution in [3.05, 3.63) is 0 Å². The first kappa shape index (κ1) is 8.44. The summed E-state index contributed by atoms with van der Waals surface area (Å²) in [5.41, 5.74) is 0. The predicted molar refractivity (Wildman–Crippen MR) is 32.2 cm³/mol. The van der Waals surface area contributed by atoms with E-state index in [1.54, 1.807) is 0 Å². The highest BCUT2D eigenvalue weighted by Crippen LogP contribution is 2.34. The summed E-state index contributed by atoms with van der Waals surface area (Å²) < 4.78 is 10.0. The van der Waals surface area contributed by atoms with Gasteiger partial charge in [-0.15, -0.1) is 11.6 Å². The summed E-state index contributed by atoms with van der Waals surface area (Å²) in [5.74, 6) is 0.311. The van der Waals surface area contributed by atoms with Crippen LogP contribution in [-0.4, -0.2) is 21.8 Å². The zero-order chi connectivity index (χ0) is 6.62. The van der Waals surface area contributed by atoms with Gasteiger partial charge >= 0.3 is 7.60 Å². The lowest BCUT2D eigenvalue weighted by atomic mass is 10.6. The number of halogens is 1. The maximum absolute atomic E-state index is 10.0. The third-order valence-electron chi connectivity index (χ3n) is 0.583. The van der Waals surface area contributed by atoms with Crippen molar-refractivity contribution >= 4 is 19.2 Å². The highest BCUT2D eigenvalue weighted by molar-refractivity contribution is 7.51. The van der Waals surface area contributed by atoms with Gasteiger partial charge < -0.3 is 9.79 Å². The van der Waals surface area contributed by atoms with E-state index in [4.69, 9.17) is 21.4 Å². The van der Waals surface area contributed by atoms with E-state index in [9.17, 15) is 4.57 Å². The molecule has 3 nitrogen and oxygen atoms in total. The summed E-state index contributed by atoms with van der Waals surface area (Å²) in [5, 5.41) is 0. The molecule has 0 saturated carbocycles. The summed E-state index contributed by atoms with van der Waals surface area (Å²) in [7, 11) is -3.77. The molecule has 0 saturated heterocycles. The SMILES string of the molecule is O=P(O)(O)CCCCl. The average molecular weight is 159 g/mol. The molecular weight excluding hydrogens is 150 g/mol. The molecule has 0 aromatic heterocycles. The number of rotatable bonds is 3. The zero-order valence-corrected chi connectivity index (χ0v) is 5.90. The number of hydrogen-bond donors (Lipinski definition) is 2. The second kappa shape index (κ2) is 3.46. The van der Waals surface area contributed by atoms with E-state index in [1.807, 2.05) is 0 Å². The molecule has 8 heavy (non-hydrogen) atoms. The molecule has 0 bridgehead atoms. The minimum absolute atomic E-state index is 0.101. The van der Waals surface area contributed by atoms with Crippen LogP contribution < -0.4 is 0 Å². The first-order valence-corrected chi connectivity index (χ1v) is 4.50. The smallest absolute Gasteiger partial charge is 0.324 e. The van der Waals surface area contributed by atoms with Crippen LogP contribution >= 0.6 is 19.2 Å². The maximum Gasteiger partial charge on any atom is 0.325 e. The lowest BCUT2D eigenvalue weighted by molar-refractivity contribution is 0.372.